The predicted molar refractivity (Wildman–Crippen MR) is 69.7 cm³/mol. The number of piperidine rings is 1. The van der Waals surface area contributed by atoms with Gasteiger partial charge in [0.2, 0.25) is 0 Å². The second-order valence-electron chi connectivity index (χ2n) is 4.36. The van der Waals surface area contributed by atoms with Crippen LogP contribution in [0.4, 0.5) is 0 Å². The van der Waals surface area contributed by atoms with E-state index in [1.807, 2.05) is 0 Å². The second kappa shape index (κ2) is 5.04. The average Bonchev–Trinajstić information content (AvgIpc) is 2.29. The fraction of sp³-hybridized carbons (Fsp3) is 0.500. The number of H-pyrrole nitrogens is 1. The van der Waals surface area contributed by atoms with Crippen molar-refractivity contribution in [3.63, 3.8) is 0 Å². The van der Waals surface area contributed by atoms with E-state index >= 15 is 0 Å². The fourth-order valence-electron chi connectivity index (χ4n) is 1.96. The Balaban J connectivity index is 2.17. The zero-order valence-corrected chi connectivity index (χ0v) is 11.3. The molecule has 1 aromatic rings. The number of likely N-dealkylation sites (tertiary alicyclic amines) is 1. The molecule has 17 heavy (non-hydrogen) atoms. The van der Waals surface area contributed by atoms with Crippen LogP contribution in [-0.4, -0.2) is 33.7 Å². The van der Waals surface area contributed by atoms with Gasteiger partial charge in [-0.1, -0.05) is 15.9 Å². The van der Waals surface area contributed by atoms with Gasteiger partial charge in [0.1, 0.15) is 5.56 Å². The minimum atomic E-state index is -0.202. The standard InChI is InChI=1S/C12H15BrN2O2/c1-8-6-11(16)10(7-14-8)12(17)15-4-2-9(13)3-5-15/h6-7,9H,2-5H2,1H3,(H,14,16). The van der Waals surface area contributed by atoms with Crippen LogP contribution in [0.1, 0.15) is 28.9 Å². The van der Waals surface area contributed by atoms with Crippen LogP contribution < -0.4 is 5.43 Å². The van der Waals surface area contributed by atoms with Gasteiger partial charge in [-0.3, -0.25) is 9.59 Å². The molecule has 0 saturated carbocycles. The molecule has 1 aliphatic heterocycles. The highest BCUT2D eigenvalue weighted by Crippen LogP contribution is 2.18. The lowest BCUT2D eigenvalue weighted by Gasteiger charge is -2.29. The average molecular weight is 299 g/mol. The van der Waals surface area contributed by atoms with Crippen molar-refractivity contribution in [3.05, 3.63) is 33.7 Å². The molecule has 2 heterocycles. The maximum absolute atomic E-state index is 12.1. The maximum Gasteiger partial charge on any atom is 0.259 e. The number of aryl methyl sites for hydroxylation is 1. The number of pyridine rings is 1. The number of rotatable bonds is 1. The first kappa shape index (κ1) is 12.4. The van der Waals surface area contributed by atoms with E-state index in [-0.39, 0.29) is 16.9 Å². The maximum atomic E-state index is 12.1. The van der Waals surface area contributed by atoms with Gasteiger partial charge in [0.15, 0.2) is 5.43 Å². The quantitative estimate of drug-likeness (QED) is 0.802. The van der Waals surface area contributed by atoms with Crippen LogP contribution >= 0.6 is 15.9 Å². The SMILES string of the molecule is Cc1cc(=O)c(C(=O)N2CCC(Br)CC2)c[nH]1. The Labute approximate surface area is 108 Å². The summed E-state index contributed by atoms with van der Waals surface area (Å²) in [5, 5.41) is 0. The van der Waals surface area contributed by atoms with Crippen LogP contribution in [0, 0.1) is 6.92 Å². The molecule has 0 aliphatic carbocycles. The van der Waals surface area contributed by atoms with E-state index in [0.717, 1.165) is 18.5 Å². The molecule has 92 valence electrons. The fourth-order valence-corrected chi connectivity index (χ4v) is 2.37. The minimum absolute atomic E-state index is 0.161. The van der Waals surface area contributed by atoms with E-state index in [0.29, 0.717) is 17.9 Å². The Kier molecular flexibility index (Phi) is 3.66. The summed E-state index contributed by atoms with van der Waals surface area (Å²) in [5.41, 5.74) is 0.807. The van der Waals surface area contributed by atoms with Gasteiger partial charge in [-0.15, -0.1) is 0 Å². The molecule has 1 fully saturated rings. The third-order valence-corrected chi connectivity index (χ3v) is 3.92. The molecular formula is C12H15BrN2O2. The molecule has 1 N–H and O–H groups in total. The zero-order valence-electron chi connectivity index (χ0n) is 9.70. The molecule has 1 aromatic heterocycles. The normalized spacial score (nSPS) is 17.2. The van der Waals surface area contributed by atoms with Crippen LogP contribution in [0.15, 0.2) is 17.1 Å². The van der Waals surface area contributed by atoms with Crippen molar-refractivity contribution in [2.24, 2.45) is 0 Å². The van der Waals surface area contributed by atoms with Crippen molar-refractivity contribution in [2.45, 2.75) is 24.6 Å². The van der Waals surface area contributed by atoms with Gasteiger partial charge in [-0.05, 0) is 19.8 Å². The Morgan fingerprint density at radius 1 is 1.47 bits per heavy atom. The molecule has 0 aromatic carbocycles. The summed E-state index contributed by atoms with van der Waals surface area (Å²) in [4.78, 5) is 29.0. The van der Waals surface area contributed by atoms with Gasteiger partial charge in [0.05, 0.1) is 0 Å². The molecule has 0 bridgehead atoms. The summed E-state index contributed by atoms with van der Waals surface area (Å²) in [6.07, 6.45) is 3.39. The molecule has 0 unspecified atom stereocenters. The van der Waals surface area contributed by atoms with Gasteiger partial charge in [-0.25, -0.2) is 0 Å². The zero-order chi connectivity index (χ0) is 12.4. The highest BCUT2D eigenvalue weighted by Gasteiger charge is 2.23. The number of hydrogen-bond donors (Lipinski definition) is 1. The molecule has 0 spiro atoms. The van der Waals surface area contributed by atoms with Crippen LogP contribution in [0.2, 0.25) is 0 Å². The van der Waals surface area contributed by atoms with Gasteiger partial charge in [0.25, 0.3) is 5.91 Å². The van der Waals surface area contributed by atoms with Crippen LogP contribution in [0.25, 0.3) is 0 Å². The molecule has 2 rings (SSSR count). The Morgan fingerprint density at radius 3 is 2.71 bits per heavy atom. The lowest BCUT2D eigenvalue weighted by atomic mass is 10.1. The lowest BCUT2D eigenvalue weighted by molar-refractivity contribution is 0.0726. The number of hydrogen-bond acceptors (Lipinski definition) is 2. The Hall–Kier alpha value is -1.10. The number of nitrogens with zero attached hydrogens (tertiary/aromatic N) is 1. The first-order valence-electron chi connectivity index (χ1n) is 5.70. The van der Waals surface area contributed by atoms with Gasteiger partial charge >= 0.3 is 0 Å². The number of halogens is 1. The number of amides is 1. The number of carbonyl (C=O) groups excluding carboxylic acids is 1. The van der Waals surface area contributed by atoms with Gasteiger partial charge in [-0.2, -0.15) is 0 Å². The van der Waals surface area contributed by atoms with Crippen molar-refractivity contribution in [3.8, 4) is 0 Å². The van der Waals surface area contributed by atoms with Crippen LogP contribution in [-0.2, 0) is 0 Å². The van der Waals surface area contributed by atoms with Crippen molar-refractivity contribution in [1.29, 1.82) is 0 Å². The molecule has 0 radical (unpaired) electrons. The topological polar surface area (TPSA) is 53.2 Å². The number of aromatic nitrogens is 1. The van der Waals surface area contributed by atoms with E-state index in [4.69, 9.17) is 0 Å². The molecule has 1 amide bonds. The van der Waals surface area contributed by atoms with E-state index in [1.54, 1.807) is 11.8 Å². The Bertz CT molecular complexity index is 476. The van der Waals surface area contributed by atoms with Crippen molar-refractivity contribution in [2.75, 3.05) is 13.1 Å². The van der Waals surface area contributed by atoms with Crippen LogP contribution in [0.5, 0.6) is 0 Å². The van der Waals surface area contributed by atoms with E-state index in [9.17, 15) is 9.59 Å². The highest BCUT2D eigenvalue weighted by molar-refractivity contribution is 9.09. The second-order valence-corrected chi connectivity index (χ2v) is 5.66. The summed E-state index contributed by atoms with van der Waals surface area (Å²) >= 11 is 3.54. The highest BCUT2D eigenvalue weighted by atomic mass is 79.9. The summed E-state index contributed by atoms with van der Waals surface area (Å²) in [6.45, 7) is 3.22. The number of nitrogens with one attached hydrogen (secondary N) is 1. The van der Waals surface area contributed by atoms with Gasteiger partial charge in [0, 0.05) is 35.9 Å². The number of carbonyl (C=O) groups is 1. The van der Waals surface area contributed by atoms with Crippen molar-refractivity contribution in [1.82, 2.24) is 9.88 Å². The van der Waals surface area contributed by atoms with Gasteiger partial charge < -0.3 is 9.88 Å². The summed E-state index contributed by atoms with van der Waals surface area (Å²) in [6, 6.07) is 1.46. The minimum Gasteiger partial charge on any atom is -0.364 e. The number of aromatic amines is 1. The molecule has 0 atom stereocenters. The third-order valence-electron chi connectivity index (χ3n) is 3.00. The van der Waals surface area contributed by atoms with Crippen LogP contribution in [0.3, 0.4) is 0 Å². The lowest BCUT2D eigenvalue weighted by Crippen LogP contribution is -2.40. The van der Waals surface area contributed by atoms with E-state index in [1.165, 1.54) is 12.3 Å². The first-order chi connectivity index (χ1) is 8.08. The molecule has 1 aliphatic rings. The van der Waals surface area contributed by atoms with Crippen molar-refractivity contribution < 1.29 is 4.79 Å². The molecule has 1 saturated heterocycles. The smallest absolute Gasteiger partial charge is 0.259 e. The number of alkyl halides is 1. The Morgan fingerprint density at radius 2 is 2.12 bits per heavy atom. The van der Waals surface area contributed by atoms with Crippen molar-refractivity contribution >= 4 is 21.8 Å². The predicted octanol–water partition coefficient (Wildman–Crippen LogP) is 1.68. The van der Waals surface area contributed by atoms with E-state index < -0.39 is 0 Å². The summed E-state index contributed by atoms with van der Waals surface area (Å²) < 4.78 is 0. The summed E-state index contributed by atoms with van der Waals surface area (Å²) in [5.74, 6) is -0.161. The monoisotopic (exact) mass is 298 g/mol. The molecule has 4 nitrogen and oxygen atoms in total. The third kappa shape index (κ3) is 2.77. The molecular weight excluding hydrogens is 284 g/mol. The summed E-state index contributed by atoms with van der Waals surface area (Å²) in [7, 11) is 0. The first-order valence-corrected chi connectivity index (χ1v) is 6.62. The molecule has 5 heteroatoms. The largest absolute Gasteiger partial charge is 0.364 e. The van der Waals surface area contributed by atoms with E-state index in [2.05, 4.69) is 20.9 Å².